The van der Waals surface area contributed by atoms with Gasteiger partial charge in [-0.1, -0.05) is 83.8 Å². The summed E-state index contributed by atoms with van der Waals surface area (Å²) in [4.78, 5) is 24.0. The predicted molar refractivity (Wildman–Crippen MR) is 145 cm³/mol. The van der Waals surface area contributed by atoms with E-state index in [9.17, 15) is 9.59 Å². The second-order valence-corrected chi connectivity index (χ2v) is 9.01. The maximum Gasteiger partial charge on any atom is 0.343 e. The number of hydrogen-bond acceptors (Lipinski definition) is 5. The molecule has 0 N–H and O–H groups in total. The van der Waals surface area contributed by atoms with Crippen LogP contribution in [0.5, 0.6) is 11.5 Å². The SMILES string of the molecule is CCCCCCCCCCCCOc1ccc(C(=O)Oc2ccc(/C=C/C(=O)OCCC)cc2)cc1. The molecule has 0 amide bonds. The molecule has 0 unspecified atom stereocenters. The van der Waals surface area contributed by atoms with Crippen molar-refractivity contribution in [1.29, 1.82) is 0 Å². The second-order valence-electron chi connectivity index (χ2n) is 9.01. The van der Waals surface area contributed by atoms with Crippen LogP contribution in [-0.4, -0.2) is 25.2 Å². The Kier molecular flexibility index (Phi) is 14.8. The normalized spacial score (nSPS) is 10.9. The third-order valence-electron chi connectivity index (χ3n) is 5.81. The van der Waals surface area contributed by atoms with Gasteiger partial charge in [-0.3, -0.25) is 0 Å². The van der Waals surface area contributed by atoms with E-state index in [1.165, 1.54) is 63.9 Å². The predicted octanol–water partition coefficient (Wildman–Crippen LogP) is 8.17. The first kappa shape index (κ1) is 29.2. The lowest BCUT2D eigenvalue weighted by atomic mass is 10.1. The van der Waals surface area contributed by atoms with Crippen molar-refractivity contribution in [2.45, 2.75) is 84.5 Å². The van der Waals surface area contributed by atoms with Gasteiger partial charge in [-0.25, -0.2) is 9.59 Å². The van der Waals surface area contributed by atoms with Crippen LogP contribution in [-0.2, 0) is 9.53 Å². The monoisotopic (exact) mass is 494 g/mol. The molecule has 196 valence electrons. The summed E-state index contributed by atoms with van der Waals surface area (Å²) in [5.41, 5.74) is 1.27. The Morgan fingerprint density at radius 1 is 0.667 bits per heavy atom. The van der Waals surface area contributed by atoms with Gasteiger partial charge in [0.2, 0.25) is 0 Å². The van der Waals surface area contributed by atoms with E-state index in [1.54, 1.807) is 54.6 Å². The van der Waals surface area contributed by atoms with Crippen LogP contribution >= 0.6 is 0 Å². The zero-order valence-electron chi connectivity index (χ0n) is 22.0. The van der Waals surface area contributed by atoms with Gasteiger partial charge < -0.3 is 14.2 Å². The lowest BCUT2D eigenvalue weighted by Crippen LogP contribution is -2.08. The Bertz CT molecular complexity index is 900. The molecule has 0 radical (unpaired) electrons. The highest BCUT2D eigenvalue weighted by Crippen LogP contribution is 2.18. The summed E-state index contributed by atoms with van der Waals surface area (Å²) in [6, 6.07) is 14.0. The average molecular weight is 495 g/mol. The third kappa shape index (κ3) is 12.6. The minimum atomic E-state index is -0.428. The molecule has 0 aliphatic heterocycles. The Morgan fingerprint density at radius 2 is 1.25 bits per heavy atom. The molecule has 0 aliphatic carbocycles. The van der Waals surface area contributed by atoms with E-state index >= 15 is 0 Å². The largest absolute Gasteiger partial charge is 0.494 e. The molecule has 5 nitrogen and oxygen atoms in total. The first-order chi connectivity index (χ1) is 17.6. The number of benzene rings is 2. The quantitative estimate of drug-likeness (QED) is 0.0905. The lowest BCUT2D eigenvalue weighted by Gasteiger charge is -2.08. The van der Waals surface area contributed by atoms with Crippen molar-refractivity contribution < 1.29 is 23.8 Å². The summed E-state index contributed by atoms with van der Waals surface area (Å²) in [6.45, 7) is 5.30. The number of unbranched alkanes of at least 4 members (excludes halogenated alkanes) is 9. The average Bonchev–Trinajstić information content (AvgIpc) is 2.90. The van der Waals surface area contributed by atoms with Crippen LogP contribution in [0.4, 0.5) is 0 Å². The second kappa shape index (κ2) is 18.2. The number of hydrogen-bond donors (Lipinski definition) is 0. The van der Waals surface area contributed by atoms with Gasteiger partial charge in [-0.05, 0) is 60.9 Å². The van der Waals surface area contributed by atoms with Gasteiger partial charge in [0, 0.05) is 6.08 Å². The van der Waals surface area contributed by atoms with Gasteiger partial charge >= 0.3 is 11.9 Å². The van der Waals surface area contributed by atoms with Crippen molar-refractivity contribution in [3.05, 3.63) is 65.7 Å². The van der Waals surface area contributed by atoms with Crippen LogP contribution in [0.1, 0.15) is 100 Å². The molecule has 36 heavy (non-hydrogen) atoms. The molecular weight excluding hydrogens is 452 g/mol. The molecule has 2 aromatic carbocycles. The number of rotatable bonds is 18. The molecule has 0 fully saturated rings. The molecule has 0 saturated heterocycles. The first-order valence-electron chi connectivity index (χ1n) is 13.5. The fraction of sp³-hybridized carbons (Fsp3) is 0.484. The summed E-state index contributed by atoms with van der Waals surface area (Å²) in [7, 11) is 0. The minimum absolute atomic E-state index is 0.372. The van der Waals surface area contributed by atoms with E-state index in [0.29, 0.717) is 24.5 Å². The molecule has 0 heterocycles. The molecule has 0 bridgehead atoms. The highest BCUT2D eigenvalue weighted by atomic mass is 16.5. The third-order valence-corrected chi connectivity index (χ3v) is 5.81. The molecule has 0 aliphatic rings. The van der Waals surface area contributed by atoms with Crippen molar-refractivity contribution in [3.63, 3.8) is 0 Å². The van der Waals surface area contributed by atoms with Crippen LogP contribution in [0, 0.1) is 0 Å². The summed E-state index contributed by atoms with van der Waals surface area (Å²) < 4.78 is 16.3. The molecule has 2 aromatic rings. The summed E-state index contributed by atoms with van der Waals surface area (Å²) >= 11 is 0. The van der Waals surface area contributed by atoms with Gasteiger partial charge in [0.25, 0.3) is 0 Å². The van der Waals surface area contributed by atoms with E-state index < -0.39 is 5.97 Å². The molecule has 0 aromatic heterocycles. The van der Waals surface area contributed by atoms with Crippen LogP contribution in [0.3, 0.4) is 0 Å². The Morgan fingerprint density at radius 3 is 1.86 bits per heavy atom. The van der Waals surface area contributed by atoms with E-state index in [4.69, 9.17) is 14.2 Å². The van der Waals surface area contributed by atoms with Crippen molar-refractivity contribution >= 4 is 18.0 Å². The maximum atomic E-state index is 12.4. The van der Waals surface area contributed by atoms with E-state index in [1.807, 2.05) is 6.92 Å². The fourth-order valence-electron chi connectivity index (χ4n) is 3.69. The highest BCUT2D eigenvalue weighted by Gasteiger charge is 2.09. The molecule has 0 saturated carbocycles. The van der Waals surface area contributed by atoms with E-state index in [0.717, 1.165) is 24.2 Å². The van der Waals surface area contributed by atoms with Crippen molar-refractivity contribution in [1.82, 2.24) is 0 Å². The summed E-state index contributed by atoms with van der Waals surface area (Å²) in [5.74, 6) is 0.397. The molecule has 0 atom stereocenters. The Labute approximate surface area is 216 Å². The van der Waals surface area contributed by atoms with Crippen molar-refractivity contribution in [2.24, 2.45) is 0 Å². The van der Waals surface area contributed by atoms with E-state index in [-0.39, 0.29) is 5.97 Å². The number of esters is 2. The van der Waals surface area contributed by atoms with E-state index in [2.05, 4.69) is 6.92 Å². The molecule has 2 rings (SSSR count). The van der Waals surface area contributed by atoms with Crippen molar-refractivity contribution in [3.8, 4) is 11.5 Å². The molecule has 5 heteroatoms. The summed E-state index contributed by atoms with van der Waals surface area (Å²) in [5, 5.41) is 0. The molecule has 0 spiro atoms. The maximum absolute atomic E-state index is 12.4. The zero-order valence-corrected chi connectivity index (χ0v) is 22.0. The number of carbonyl (C=O) groups excluding carboxylic acids is 2. The first-order valence-corrected chi connectivity index (χ1v) is 13.5. The minimum Gasteiger partial charge on any atom is -0.494 e. The zero-order chi connectivity index (χ0) is 25.8. The van der Waals surface area contributed by atoms with Crippen LogP contribution in [0.25, 0.3) is 6.08 Å². The highest BCUT2D eigenvalue weighted by molar-refractivity contribution is 5.91. The number of ether oxygens (including phenoxy) is 3. The lowest BCUT2D eigenvalue weighted by molar-refractivity contribution is -0.137. The summed E-state index contributed by atoms with van der Waals surface area (Å²) in [6.07, 6.45) is 16.8. The van der Waals surface area contributed by atoms with Crippen LogP contribution in [0.15, 0.2) is 54.6 Å². The number of carbonyl (C=O) groups is 2. The standard InChI is InChI=1S/C31H42O5/c1-3-5-6-7-8-9-10-11-12-13-25-34-28-21-17-27(18-22-28)31(33)36-29-19-14-26(15-20-29)16-23-30(32)35-24-4-2/h14-23H,3-13,24-25H2,1-2H3/b23-16+. The fourth-order valence-corrected chi connectivity index (χ4v) is 3.69. The van der Waals surface area contributed by atoms with Gasteiger partial charge in [-0.2, -0.15) is 0 Å². The van der Waals surface area contributed by atoms with Gasteiger partial charge in [0.05, 0.1) is 18.8 Å². The van der Waals surface area contributed by atoms with Gasteiger partial charge in [0.1, 0.15) is 11.5 Å². The topological polar surface area (TPSA) is 61.8 Å². The van der Waals surface area contributed by atoms with Gasteiger partial charge in [0.15, 0.2) is 0 Å². The Balaban J connectivity index is 1.64. The molecular formula is C31H42O5. The smallest absolute Gasteiger partial charge is 0.343 e. The van der Waals surface area contributed by atoms with Gasteiger partial charge in [-0.15, -0.1) is 0 Å². The van der Waals surface area contributed by atoms with Crippen molar-refractivity contribution in [2.75, 3.05) is 13.2 Å². The van der Waals surface area contributed by atoms with Crippen LogP contribution < -0.4 is 9.47 Å². The van der Waals surface area contributed by atoms with Crippen LogP contribution in [0.2, 0.25) is 0 Å². The Hall–Kier alpha value is -3.08.